The summed E-state index contributed by atoms with van der Waals surface area (Å²) in [4.78, 5) is 15.7. The Balaban J connectivity index is 1.49. The van der Waals surface area contributed by atoms with E-state index in [1.807, 2.05) is 18.2 Å². The van der Waals surface area contributed by atoms with Crippen molar-refractivity contribution in [3.05, 3.63) is 75.9 Å². The van der Waals surface area contributed by atoms with Gasteiger partial charge in [0.1, 0.15) is 17.9 Å². The Bertz CT molecular complexity index is 989. The van der Waals surface area contributed by atoms with Gasteiger partial charge >= 0.3 is 5.63 Å². The normalized spacial score (nSPS) is 15.4. The standard InChI is InChI=1S/C22H23FN2O2/c1-2-16-3-8-20-17(14-22(26)27-21(20)13-16)15-24-9-11-25(12-10-24)19-6-4-18(23)5-7-19/h3-8,13-14H,2,9-12,15H2,1H3/p+1. The molecule has 2 heterocycles. The molecule has 140 valence electrons. The molecule has 2 aromatic carbocycles. The van der Waals surface area contributed by atoms with Gasteiger partial charge in [-0.2, -0.15) is 0 Å². The van der Waals surface area contributed by atoms with E-state index in [0.29, 0.717) is 5.58 Å². The predicted octanol–water partition coefficient (Wildman–Crippen LogP) is 2.40. The monoisotopic (exact) mass is 367 g/mol. The Morgan fingerprint density at radius 2 is 1.81 bits per heavy atom. The summed E-state index contributed by atoms with van der Waals surface area (Å²) in [6, 6.07) is 14.5. The molecule has 0 radical (unpaired) electrons. The minimum atomic E-state index is -0.282. The van der Waals surface area contributed by atoms with E-state index >= 15 is 0 Å². The number of nitrogens with one attached hydrogen (secondary N) is 1. The number of benzene rings is 2. The van der Waals surface area contributed by atoms with Gasteiger partial charge in [0.05, 0.1) is 26.2 Å². The molecule has 1 aromatic heterocycles. The largest absolute Gasteiger partial charge is 0.423 e. The maximum Gasteiger partial charge on any atom is 0.336 e. The highest BCUT2D eigenvalue weighted by Gasteiger charge is 2.21. The van der Waals surface area contributed by atoms with Crippen LogP contribution in [0, 0.1) is 5.82 Å². The first-order valence-corrected chi connectivity index (χ1v) is 9.52. The maximum absolute atomic E-state index is 13.1. The first-order valence-electron chi connectivity index (χ1n) is 9.52. The van der Waals surface area contributed by atoms with Gasteiger partial charge in [-0.3, -0.25) is 0 Å². The van der Waals surface area contributed by atoms with E-state index < -0.39 is 0 Å². The highest BCUT2D eigenvalue weighted by molar-refractivity contribution is 5.80. The fourth-order valence-electron chi connectivity index (χ4n) is 3.82. The van der Waals surface area contributed by atoms with Crippen LogP contribution in [0.3, 0.4) is 0 Å². The molecular formula is C22H24FN2O2+. The summed E-state index contributed by atoms with van der Waals surface area (Å²) in [5, 5.41) is 1.03. The minimum absolute atomic E-state index is 0.205. The third-order valence-corrected chi connectivity index (χ3v) is 5.41. The molecule has 4 rings (SSSR count). The SMILES string of the molecule is CCc1ccc2c(C[NH+]3CCN(c4ccc(F)cc4)CC3)cc(=O)oc2c1. The van der Waals surface area contributed by atoms with Crippen LogP contribution in [-0.4, -0.2) is 26.2 Å². The number of nitrogens with zero attached hydrogens (tertiary/aromatic N) is 1. The van der Waals surface area contributed by atoms with E-state index in [4.69, 9.17) is 4.42 Å². The summed E-state index contributed by atoms with van der Waals surface area (Å²) < 4.78 is 18.5. The molecule has 0 unspecified atom stereocenters. The molecule has 0 aliphatic carbocycles. The van der Waals surface area contributed by atoms with Crippen LogP contribution in [0.25, 0.3) is 11.0 Å². The quantitative estimate of drug-likeness (QED) is 0.720. The lowest BCUT2D eigenvalue weighted by Crippen LogP contribution is -3.13. The fraction of sp³-hybridized carbons (Fsp3) is 0.318. The number of hydrogen-bond acceptors (Lipinski definition) is 3. The molecule has 4 nitrogen and oxygen atoms in total. The van der Waals surface area contributed by atoms with E-state index in [2.05, 4.69) is 24.0 Å². The smallest absolute Gasteiger partial charge is 0.336 e. The molecule has 0 atom stereocenters. The van der Waals surface area contributed by atoms with Gasteiger partial charge in [-0.15, -0.1) is 0 Å². The molecule has 3 aromatic rings. The highest BCUT2D eigenvalue weighted by atomic mass is 19.1. The van der Waals surface area contributed by atoms with Crippen molar-refractivity contribution in [2.75, 3.05) is 31.1 Å². The summed E-state index contributed by atoms with van der Waals surface area (Å²) in [5.41, 5.74) is 3.68. The van der Waals surface area contributed by atoms with Crippen molar-refractivity contribution in [1.82, 2.24) is 0 Å². The Labute approximate surface area is 157 Å². The van der Waals surface area contributed by atoms with E-state index in [-0.39, 0.29) is 11.4 Å². The molecular weight excluding hydrogens is 343 g/mol. The van der Waals surface area contributed by atoms with Gasteiger partial charge in [-0.05, 0) is 42.3 Å². The Kier molecular flexibility index (Phi) is 4.94. The van der Waals surface area contributed by atoms with E-state index in [1.54, 1.807) is 6.07 Å². The third kappa shape index (κ3) is 3.88. The first-order chi connectivity index (χ1) is 13.1. The summed E-state index contributed by atoms with van der Waals surface area (Å²) in [5.74, 6) is -0.205. The molecule has 0 spiro atoms. The zero-order valence-electron chi connectivity index (χ0n) is 15.5. The summed E-state index contributed by atoms with van der Waals surface area (Å²) in [7, 11) is 0. The number of anilines is 1. The average molecular weight is 367 g/mol. The van der Waals surface area contributed by atoms with Crippen molar-refractivity contribution in [3.8, 4) is 0 Å². The van der Waals surface area contributed by atoms with Crippen LogP contribution in [0.4, 0.5) is 10.1 Å². The van der Waals surface area contributed by atoms with Crippen molar-refractivity contribution in [2.24, 2.45) is 0 Å². The summed E-state index contributed by atoms with van der Waals surface area (Å²) in [6.45, 7) is 6.69. The molecule has 1 aliphatic rings. The van der Waals surface area contributed by atoms with Crippen LogP contribution in [0.2, 0.25) is 0 Å². The second kappa shape index (κ2) is 7.53. The van der Waals surface area contributed by atoms with Crippen LogP contribution in [0.5, 0.6) is 0 Å². The molecule has 0 amide bonds. The van der Waals surface area contributed by atoms with E-state index in [1.165, 1.54) is 22.6 Å². The lowest BCUT2D eigenvalue weighted by Gasteiger charge is -2.33. The van der Waals surface area contributed by atoms with Gasteiger partial charge < -0.3 is 14.2 Å². The van der Waals surface area contributed by atoms with Crippen LogP contribution in [0.1, 0.15) is 18.1 Å². The van der Waals surface area contributed by atoms with Gasteiger partial charge in [0.15, 0.2) is 0 Å². The number of halogens is 1. The fourth-order valence-corrected chi connectivity index (χ4v) is 3.82. The van der Waals surface area contributed by atoms with Crippen molar-refractivity contribution >= 4 is 16.7 Å². The zero-order chi connectivity index (χ0) is 18.8. The number of aryl methyl sites for hydroxylation is 1. The average Bonchev–Trinajstić information content (AvgIpc) is 2.68. The Hall–Kier alpha value is -2.66. The van der Waals surface area contributed by atoms with Crippen LogP contribution >= 0.6 is 0 Å². The van der Waals surface area contributed by atoms with Gasteiger partial charge in [0.25, 0.3) is 0 Å². The molecule has 1 aliphatic heterocycles. The second-order valence-corrected chi connectivity index (χ2v) is 7.16. The summed E-state index contributed by atoms with van der Waals surface area (Å²) in [6.07, 6.45) is 0.917. The number of rotatable bonds is 4. The zero-order valence-corrected chi connectivity index (χ0v) is 15.5. The van der Waals surface area contributed by atoms with Crippen LogP contribution in [0.15, 0.2) is 57.7 Å². The topological polar surface area (TPSA) is 37.9 Å². The van der Waals surface area contributed by atoms with Crippen LogP contribution < -0.4 is 15.4 Å². The van der Waals surface area contributed by atoms with Gasteiger partial charge in [0.2, 0.25) is 0 Å². The third-order valence-electron chi connectivity index (χ3n) is 5.41. The van der Waals surface area contributed by atoms with Gasteiger partial charge in [-0.25, -0.2) is 9.18 Å². The maximum atomic E-state index is 13.1. The molecule has 0 saturated carbocycles. The van der Waals surface area contributed by atoms with Crippen molar-refractivity contribution in [3.63, 3.8) is 0 Å². The van der Waals surface area contributed by atoms with Crippen molar-refractivity contribution in [2.45, 2.75) is 19.9 Å². The lowest BCUT2D eigenvalue weighted by atomic mass is 10.1. The molecule has 1 saturated heterocycles. The molecule has 1 N–H and O–H groups in total. The highest BCUT2D eigenvalue weighted by Crippen LogP contribution is 2.19. The molecule has 27 heavy (non-hydrogen) atoms. The predicted molar refractivity (Wildman–Crippen MR) is 105 cm³/mol. The molecule has 0 bridgehead atoms. The number of fused-ring (bicyclic) bond motifs is 1. The molecule has 5 heteroatoms. The number of quaternary nitrogens is 1. The summed E-state index contributed by atoms with van der Waals surface area (Å²) >= 11 is 0. The van der Waals surface area contributed by atoms with E-state index in [9.17, 15) is 9.18 Å². The minimum Gasteiger partial charge on any atom is -0.423 e. The molecule has 1 fully saturated rings. The van der Waals surface area contributed by atoms with Gasteiger partial charge in [0, 0.05) is 22.7 Å². The number of hydrogen-bond donors (Lipinski definition) is 1. The van der Waals surface area contributed by atoms with Crippen molar-refractivity contribution < 1.29 is 13.7 Å². The first kappa shape index (κ1) is 17.7. The van der Waals surface area contributed by atoms with Crippen LogP contribution in [-0.2, 0) is 13.0 Å². The van der Waals surface area contributed by atoms with Crippen molar-refractivity contribution in [1.29, 1.82) is 0 Å². The lowest BCUT2D eigenvalue weighted by molar-refractivity contribution is -0.914. The second-order valence-electron chi connectivity index (χ2n) is 7.16. The Morgan fingerprint density at radius 1 is 1.07 bits per heavy atom. The Morgan fingerprint density at radius 3 is 2.52 bits per heavy atom. The number of piperazine rings is 1. The van der Waals surface area contributed by atoms with Gasteiger partial charge in [-0.1, -0.05) is 19.1 Å². The van der Waals surface area contributed by atoms with E-state index in [0.717, 1.165) is 55.8 Å².